The van der Waals surface area contributed by atoms with Gasteiger partial charge in [-0.05, 0) is 12.1 Å². The zero-order chi connectivity index (χ0) is 11.8. The molecule has 0 bridgehead atoms. The number of sulfone groups is 1. The van der Waals surface area contributed by atoms with Crippen LogP contribution in [0.1, 0.15) is 5.56 Å². The van der Waals surface area contributed by atoms with Crippen LogP contribution >= 0.6 is 23.2 Å². The fourth-order valence-corrected chi connectivity index (χ4v) is 3.18. The summed E-state index contributed by atoms with van der Waals surface area (Å²) in [5.41, 5.74) is 0.200. The highest BCUT2D eigenvalue weighted by molar-refractivity contribution is 8.07. The Hall–Kier alpha value is -0.780. The molecule has 0 atom stereocenters. The van der Waals surface area contributed by atoms with Crippen LogP contribution in [0.2, 0.25) is 10.0 Å². The van der Waals surface area contributed by atoms with E-state index in [2.05, 4.69) is 5.16 Å². The lowest BCUT2D eigenvalue weighted by atomic mass is 10.2. The van der Waals surface area contributed by atoms with Crippen LogP contribution in [-0.4, -0.2) is 25.8 Å². The van der Waals surface area contributed by atoms with Crippen LogP contribution in [0.3, 0.4) is 0 Å². The van der Waals surface area contributed by atoms with Crippen molar-refractivity contribution in [1.82, 2.24) is 0 Å². The van der Waals surface area contributed by atoms with E-state index in [1.54, 1.807) is 18.2 Å². The van der Waals surface area contributed by atoms with Gasteiger partial charge in [0.25, 0.3) is 0 Å². The Kier molecular flexibility index (Phi) is 3.10. The second-order valence-corrected chi connectivity index (χ2v) is 5.98. The topological polar surface area (TPSA) is 55.7 Å². The maximum absolute atomic E-state index is 11.8. The van der Waals surface area contributed by atoms with E-state index in [1.807, 2.05) is 0 Å². The smallest absolute Gasteiger partial charge is 0.204 e. The lowest BCUT2D eigenvalue weighted by Gasteiger charge is -2.14. The van der Waals surface area contributed by atoms with Crippen LogP contribution in [0.15, 0.2) is 23.4 Å². The van der Waals surface area contributed by atoms with Gasteiger partial charge in [-0.1, -0.05) is 34.4 Å². The second kappa shape index (κ2) is 4.24. The van der Waals surface area contributed by atoms with Gasteiger partial charge in [-0.2, -0.15) is 0 Å². The van der Waals surface area contributed by atoms with Crippen molar-refractivity contribution in [3.05, 3.63) is 33.8 Å². The quantitative estimate of drug-likeness (QED) is 0.791. The summed E-state index contributed by atoms with van der Waals surface area (Å²) in [6.45, 7) is 0.0495. The van der Waals surface area contributed by atoms with Crippen LogP contribution in [0.5, 0.6) is 0 Å². The van der Waals surface area contributed by atoms with Gasteiger partial charge in [0.1, 0.15) is 6.61 Å². The Morgan fingerprint density at radius 3 is 2.44 bits per heavy atom. The van der Waals surface area contributed by atoms with Gasteiger partial charge in [0.05, 0.1) is 21.4 Å². The third-order valence-electron chi connectivity index (χ3n) is 2.06. The number of oxime groups is 1. The summed E-state index contributed by atoms with van der Waals surface area (Å²) in [6.07, 6.45) is 0. The monoisotopic (exact) mass is 279 g/mol. The van der Waals surface area contributed by atoms with Crippen molar-refractivity contribution >= 4 is 38.1 Å². The summed E-state index contributed by atoms with van der Waals surface area (Å²) in [6, 6.07) is 4.73. The van der Waals surface area contributed by atoms with Gasteiger partial charge in [-0.25, -0.2) is 8.42 Å². The van der Waals surface area contributed by atoms with Crippen molar-refractivity contribution in [3.8, 4) is 0 Å². The number of hydrogen-bond acceptors (Lipinski definition) is 4. The van der Waals surface area contributed by atoms with Crippen molar-refractivity contribution in [2.45, 2.75) is 0 Å². The molecule has 0 radical (unpaired) electrons. The maximum Gasteiger partial charge on any atom is 0.204 e. The summed E-state index contributed by atoms with van der Waals surface area (Å²) < 4.78 is 23.5. The normalized spacial score (nSPS) is 18.8. The fraction of sp³-hybridized carbons (Fsp3) is 0.222. The van der Waals surface area contributed by atoms with E-state index >= 15 is 0 Å². The summed E-state index contributed by atoms with van der Waals surface area (Å²) >= 11 is 11.8. The SMILES string of the molecule is O=S1(=O)CCON=C1c1c(Cl)cccc1Cl. The second-order valence-electron chi connectivity index (χ2n) is 3.15. The molecule has 2 rings (SSSR count). The molecule has 1 heterocycles. The number of benzene rings is 1. The van der Waals surface area contributed by atoms with Crippen LogP contribution in [0.4, 0.5) is 0 Å². The Labute approximate surface area is 103 Å². The maximum atomic E-state index is 11.8. The van der Waals surface area contributed by atoms with Gasteiger partial charge in [-0.15, -0.1) is 0 Å². The Balaban J connectivity index is 2.65. The molecule has 1 aromatic rings. The summed E-state index contributed by atoms with van der Waals surface area (Å²) in [5.74, 6) is -0.118. The highest BCUT2D eigenvalue weighted by atomic mass is 35.5. The van der Waals surface area contributed by atoms with E-state index in [0.29, 0.717) is 0 Å². The number of hydrogen-bond donors (Lipinski definition) is 0. The van der Waals surface area contributed by atoms with Crippen LogP contribution in [0, 0.1) is 0 Å². The van der Waals surface area contributed by atoms with Crippen molar-refractivity contribution in [3.63, 3.8) is 0 Å². The molecule has 0 spiro atoms. The summed E-state index contributed by atoms with van der Waals surface area (Å²) in [7, 11) is -3.47. The Morgan fingerprint density at radius 2 is 1.88 bits per heavy atom. The fourth-order valence-electron chi connectivity index (χ4n) is 1.31. The molecule has 7 heteroatoms. The molecular formula is C9H7Cl2NO3S. The van der Waals surface area contributed by atoms with Gasteiger partial charge in [0.2, 0.25) is 14.9 Å². The van der Waals surface area contributed by atoms with Crippen LogP contribution in [-0.2, 0) is 14.7 Å². The van der Waals surface area contributed by atoms with E-state index in [0.717, 1.165) is 0 Å². The average Bonchev–Trinajstić information content (AvgIpc) is 2.19. The predicted octanol–water partition coefficient (Wildman–Crippen LogP) is 2.10. The minimum absolute atomic E-state index is 0.0495. The Bertz CT molecular complexity index is 534. The molecule has 0 saturated carbocycles. The van der Waals surface area contributed by atoms with Gasteiger partial charge < -0.3 is 4.84 Å². The van der Waals surface area contributed by atoms with Crippen molar-refractivity contribution in [2.24, 2.45) is 5.16 Å². The highest BCUT2D eigenvalue weighted by Gasteiger charge is 2.29. The lowest BCUT2D eigenvalue weighted by Crippen LogP contribution is -2.27. The minimum atomic E-state index is -3.47. The molecule has 16 heavy (non-hydrogen) atoms. The predicted molar refractivity (Wildman–Crippen MR) is 62.7 cm³/mol. The van der Waals surface area contributed by atoms with E-state index in [9.17, 15) is 8.42 Å². The molecule has 86 valence electrons. The molecular weight excluding hydrogens is 273 g/mol. The first-order valence-corrected chi connectivity index (χ1v) is 6.80. The number of nitrogens with zero attached hydrogens (tertiary/aromatic N) is 1. The van der Waals surface area contributed by atoms with Gasteiger partial charge in [0, 0.05) is 0 Å². The average molecular weight is 280 g/mol. The molecule has 0 fully saturated rings. The molecule has 1 aliphatic heterocycles. The van der Waals surface area contributed by atoms with E-state index < -0.39 is 9.84 Å². The zero-order valence-corrected chi connectivity index (χ0v) is 10.3. The number of rotatable bonds is 1. The lowest BCUT2D eigenvalue weighted by molar-refractivity contribution is 0.158. The molecule has 1 aliphatic rings. The van der Waals surface area contributed by atoms with Gasteiger partial charge in [-0.3, -0.25) is 0 Å². The van der Waals surface area contributed by atoms with Crippen molar-refractivity contribution < 1.29 is 13.3 Å². The first kappa shape index (κ1) is 11.7. The van der Waals surface area contributed by atoms with Gasteiger partial charge >= 0.3 is 0 Å². The standard InChI is InChI=1S/C9H7Cl2NO3S/c10-6-2-1-3-7(11)8(6)9-12-15-4-5-16(9,13)14/h1-3H,4-5H2. The minimum Gasteiger partial charge on any atom is -0.394 e. The van der Waals surface area contributed by atoms with E-state index in [1.165, 1.54) is 0 Å². The molecule has 4 nitrogen and oxygen atoms in total. The van der Waals surface area contributed by atoms with Crippen molar-refractivity contribution in [1.29, 1.82) is 0 Å². The van der Waals surface area contributed by atoms with Crippen LogP contribution in [0.25, 0.3) is 0 Å². The summed E-state index contributed by atoms with van der Waals surface area (Å²) in [4.78, 5) is 4.77. The number of halogens is 2. The van der Waals surface area contributed by atoms with E-state index in [4.69, 9.17) is 28.0 Å². The molecule has 0 unspecified atom stereocenters. The molecule has 0 aliphatic carbocycles. The Morgan fingerprint density at radius 1 is 1.25 bits per heavy atom. The summed E-state index contributed by atoms with van der Waals surface area (Å²) in [5, 5.41) is 3.81. The van der Waals surface area contributed by atoms with Crippen LogP contribution < -0.4 is 0 Å². The zero-order valence-electron chi connectivity index (χ0n) is 7.98. The highest BCUT2D eigenvalue weighted by Crippen LogP contribution is 2.28. The van der Waals surface area contributed by atoms with Crippen molar-refractivity contribution in [2.75, 3.05) is 12.4 Å². The molecule has 0 aromatic heterocycles. The molecule has 0 N–H and O–H groups in total. The molecule has 0 saturated heterocycles. The molecule has 1 aromatic carbocycles. The first-order valence-electron chi connectivity index (χ1n) is 4.39. The third kappa shape index (κ3) is 2.03. The third-order valence-corrected chi connectivity index (χ3v) is 4.26. The first-order chi connectivity index (χ1) is 7.52. The largest absolute Gasteiger partial charge is 0.394 e. The van der Waals surface area contributed by atoms with E-state index in [-0.39, 0.29) is 33.0 Å². The van der Waals surface area contributed by atoms with Gasteiger partial charge in [0.15, 0.2) is 0 Å². The molecule has 0 amide bonds.